The molecule has 3 fully saturated rings. The molecule has 1 saturated carbocycles. The van der Waals surface area contributed by atoms with E-state index < -0.39 is 108 Å². The molecule has 0 spiro atoms. The van der Waals surface area contributed by atoms with E-state index in [9.17, 15) is 43.3 Å². The van der Waals surface area contributed by atoms with Crippen LogP contribution in [0.3, 0.4) is 0 Å². The van der Waals surface area contributed by atoms with E-state index in [1.54, 1.807) is 27.9 Å². The number of carbonyl (C=O) groups excluding carboxylic acids is 4. The summed E-state index contributed by atoms with van der Waals surface area (Å²) in [4.78, 5) is 58.3. The minimum Gasteiger partial charge on any atom is -0.456 e. The third-order valence-electron chi connectivity index (χ3n) is 14.7. The predicted octanol–water partition coefficient (Wildman–Crippen LogP) is 6.51. The van der Waals surface area contributed by atoms with Crippen molar-refractivity contribution in [3.63, 3.8) is 0 Å². The fraction of sp³-hybridized carbons (Fsp3) is 0.725. The van der Waals surface area contributed by atoms with E-state index in [2.05, 4.69) is 0 Å². The number of hydrogen-bond donors (Lipinski definition) is 3. The number of carbonyl (C=O) groups is 4. The van der Waals surface area contributed by atoms with E-state index in [4.69, 9.17) is 28.4 Å². The number of amides is 1. The largest absolute Gasteiger partial charge is 0.456 e. The van der Waals surface area contributed by atoms with Gasteiger partial charge in [-0.15, -0.1) is 0 Å². The van der Waals surface area contributed by atoms with Crippen molar-refractivity contribution in [3.05, 3.63) is 58.7 Å². The van der Waals surface area contributed by atoms with E-state index >= 15 is 0 Å². The van der Waals surface area contributed by atoms with Crippen LogP contribution in [-0.2, 0) is 47.6 Å². The van der Waals surface area contributed by atoms with Gasteiger partial charge in [-0.05, 0) is 113 Å². The van der Waals surface area contributed by atoms with Gasteiger partial charge in [0.2, 0.25) is 5.79 Å². The highest BCUT2D eigenvalue weighted by atomic mass is 19.2. The van der Waals surface area contributed by atoms with Gasteiger partial charge in [0, 0.05) is 52.0 Å². The lowest BCUT2D eigenvalue weighted by atomic mass is 9.81. The summed E-state index contributed by atoms with van der Waals surface area (Å²) in [6.07, 6.45) is 1.82. The average Bonchev–Trinajstić information content (AvgIpc) is 3.31. The van der Waals surface area contributed by atoms with Crippen LogP contribution in [0.5, 0.6) is 0 Å². The third-order valence-corrected chi connectivity index (χ3v) is 14.7. The van der Waals surface area contributed by atoms with Crippen molar-refractivity contribution in [1.82, 2.24) is 4.90 Å². The maximum Gasteiger partial charge on any atom is 0.329 e. The highest BCUT2D eigenvalue weighted by Gasteiger charge is 2.56. The Labute approximate surface area is 394 Å². The van der Waals surface area contributed by atoms with E-state index in [1.165, 1.54) is 20.3 Å². The first kappa shape index (κ1) is 54.5. The fourth-order valence-electron chi connectivity index (χ4n) is 10.6. The SMILES string of the molecule is CC[C@@H]1/C=C(\C)C[C@H](C)C[C@H](OC)[C@H]2O[C@@](O)(C(=O)C(=O)N3CCCC[C@H]3C(=O)O[C@H](/C(C)=C/C3CC[C@@H](OC[C@H](O)c4ccc(F)c(F)c4)[C@H](OC)C3)[C@H](C)[C@H](O)CC1=O)[C@H](C)C[C@@H]2OC. The quantitative estimate of drug-likeness (QED) is 0.131. The van der Waals surface area contributed by atoms with Gasteiger partial charge in [0.05, 0.1) is 37.1 Å². The number of halogens is 2. The van der Waals surface area contributed by atoms with Crippen LogP contribution in [0.2, 0.25) is 0 Å². The molecule has 376 valence electrons. The molecule has 3 aliphatic heterocycles. The van der Waals surface area contributed by atoms with Gasteiger partial charge in [0.25, 0.3) is 11.7 Å². The van der Waals surface area contributed by atoms with Crippen molar-refractivity contribution in [2.75, 3.05) is 34.5 Å². The molecule has 1 unspecified atom stereocenters. The Balaban J connectivity index is 1.44. The zero-order chi connectivity index (χ0) is 49.3. The van der Waals surface area contributed by atoms with Crippen molar-refractivity contribution in [3.8, 4) is 0 Å². The van der Waals surface area contributed by atoms with Crippen LogP contribution in [0.15, 0.2) is 41.5 Å². The molecule has 2 saturated heterocycles. The summed E-state index contributed by atoms with van der Waals surface area (Å²) >= 11 is 0. The number of esters is 1. The molecule has 67 heavy (non-hydrogen) atoms. The lowest BCUT2D eigenvalue weighted by Gasteiger charge is -2.47. The molecule has 0 radical (unpaired) electrons. The van der Waals surface area contributed by atoms with E-state index in [-0.39, 0.29) is 55.6 Å². The van der Waals surface area contributed by atoms with Crippen LogP contribution < -0.4 is 0 Å². The van der Waals surface area contributed by atoms with Crippen molar-refractivity contribution in [2.24, 2.45) is 29.6 Å². The number of hydrogen-bond acceptors (Lipinski definition) is 13. The molecule has 3 heterocycles. The molecule has 4 aliphatic rings. The van der Waals surface area contributed by atoms with Crippen molar-refractivity contribution in [2.45, 2.75) is 173 Å². The summed E-state index contributed by atoms with van der Waals surface area (Å²) < 4.78 is 63.6. The number of allylic oxidation sites excluding steroid dienone is 3. The lowest BCUT2D eigenvalue weighted by Crippen LogP contribution is -2.64. The monoisotopic (exact) mass is 948 g/mol. The number of Topliss-reactive ketones (excluding diaryl/α,β-unsaturated/α-hetero) is 2. The zero-order valence-electron chi connectivity index (χ0n) is 40.8. The van der Waals surface area contributed by atoms with Crippen LogP contribution in [0.25, 0.3) is 0 Å². The molecule has 1 aromatic rings. The van der Waals surface area contributed by atoms with E-state index in [0.29, 0.717) is 56.9 Å². The molecule has 1 amide bonds. The van der Waals surface area contributed by atoms with Crippen LogP contribution in [0.4, 0.5) is 8.78 Å². The second-order valence-corrected chi connectivity index (χ2v) is 19.6. The number of ketones is 2. The summed E-state index contributed by atoms with van der Waals surface area (Å²) in [5.41, 5.74) is 1.74. The normalized spacial score (nSPS) is 37.2. The number of fused-ring (bicyclic) bond motifs is 3. The second-order valence-electron chi connectivity index (χ2n) is 19.6. The minimum atomic E-state index is -2.54. The fourth-order valence-corrected chi connectivity index (χ4v) is 10.6. The molecule has 1 aliphatic carbocycles. The summed E-state index contributed by atoms with van der Waals surface area (Å²) in [7, 11) is 4.58. The van der Waals surface area contributed by atoms with E-state index in [0.717, 1.165) is 22.6 Å². The Bertz CT molecular complexity index is 1930. The minimum absolute atomic E-state index is 0.00166. The Morgan fingerprint density at radius 1 is 0.925 bits per heavy atom. The van der Waals surface area contributed by atoms with Gasteiger partial charge in [-0.25, -0.2) is 13.6 Å². The van der Waals surface area contributed by atoms with Gasteiger partial charge in [0.1, 0.15) is 30.1 Å². The molecule has 14 nitrogen and oxygen atoms in total. The maximum absolute atomic E-state index is 14.5. The first-order valence-electron chi connectivity index (χ1n) is 24.1. The molecule has 16 heteroatoms. The smallest absolute Gasteiger partial charge is 0.329 e. The number of cyclic esters (lactones) is 1. The van der Waals surface area contributed by atoms with Gasteiger partial charge in [0.15, 0.2) is 11.6 Å². The maximum atomic E-state index is 14.5. The molecule has 15 atom stereocenters. The van der Waals surface area contributed by atoms with Crippen molar-refractivity contribution < 1.29 is 71.7 Å². The Morgan fingerprint density at radius 2 is 1.61 bits per heavy atom. The number of aliphatic hydroxyl groups excluding tert-OH is 2. The Morgan fingerprint density at radius 3 is 2.27 bits per heavy atom. The average molecular weight is 948 g/mol. The lowest BCUT2D eigenvalue weighted by molar-refractivity contribution is -0.302. The zero-order valence-corrected chi connectivity index (χ0v) is 40.8. The number of methoxy groups -OCH3 is 3. The summed E-state index contributed by atoms with van der Waals surface area (Å²) in [5.74, 6) is -10.1. The Hall–Kier alpha value is -3.48. The molecule has 0 aromatic heterocycles. The highest BCUT2D eigenvalue weighted by molar-refractivity contribution is 6.39. The standard InChI is InChI=1S/C51H75F2NO13/c1-10-34-20-28(2)19-29(3)21-44(63-8)47-45(64-9)23-31(5)51(61,67-47)48(58)49(59)54-18-12-11-13-38(54)50(60)66-46(32(6)39(55)26-40(34)56)30(4)22-33-14-17-42(43(24-33)62-7)65-27-41(57)35-15-16-36(52)37(53)25-35/h15-16,20,22,25,29,31-34,38-39,41-47,55,57,61H,10-14,17-19,21,23-24,26-27H2,1-9H3/b28-20+,30-22+/t29-,31+,32+,33?,34+,38-,39+,41-,42+,43+,44-,45-,46+,47+,51+/m0/s1. The topological polar surface area (TPSA) is 188 Å². The highest BCUT2D eigenvalue weighted by Crippen LogP contribution is 2.39. The number of benzene rings is 1. The summed E-state index contributed by atoms with van der Waals surface area (Å²) in [5, 5.41) is 34.6. The number of aliphatic hydroxyl groups is 3. The summed E-state index contributed by atoms with van der Waals surface area (Å²) in [6, 6.07) is 1.99. The molecule has 5 rings (SSSR count). The second kappa shape index (κ2) is 24.4. The van der Waals surface area contributed by atoms with Gasteiger partial charge < -0.3 is 48.6 Å². The number of nitrogens with zero attached hydrogens (tertiary/aromatic N) is 1. The Kier molecular flexibility index (Phi) is 19.8. The van der Waals surface area contributed by atoms with Crippen LogP contribution in [0.1, 0.15) is 124 Å². The van der Waals surface area contributed by atoms with Crippen LogP contribution in [0, 0.1) is 41.2 Å². The van der Waals surface area contributed by atoms with Gasteiger partial charge in [-0.1, -0.05) is 51.5 Å². The van der Waals surface area contributed by atoms with Gasteiger partial charge in [-0.3, -0.25) is 14.4 Å². The number of rotatable bonds is 10. The molecule has 2 bridgehead atoms. The molecule has 3 N–H and O–H groups in total. The van der Waals surface area contributed by atoms with Crippen molar-refractivity contribution in [1.29, 1.82) is 0 Å². The third kappa shape index (κ3) is 13.2. The first-order chi connectivity index (χ1) is 31.8. The van der Waals surface area contributed by atoms with Gasteiger partial charge >= 0.3 is 5.97 Å². The molecule has 1 aromatic carbocycles. The van der Waals surface area contributed by atoms with Crippen molar-refractivity contribution >= 4 is 23.4 Å². The predicted molar refractivity (Wildman–Crippen MR) is 243 cm³/mol. The van der Waals surface area contributed by atoms with Crippen LogP contribution >= 0.6 is 0 Å². The molecular formula is C51H75F2NO13. The summed E-state index contributed by atoms with van der Waals surface area (Å²) in [6.45, 7) is 10.9. The van der Waals surface area contributed by atoms with E-state index in [1.807, 2.05) is 32.9 Å². The number of piperidine rings is 1. The first-order valence-corrected chi connectivity index (χ1v) is 24.1. The molecular weight excluding hydrogens is 873 g/mol. The van der Waals surface area contributed by atoms with Crippen LogP contribution in [-0.4, -0.2) is 133 Å². The number of ether oxygens (including phenoxy) is 6. The van der Waals surface area contributed by atoms with Gasteiger partial charge in [-0.2, -0.15) is 0 Å².